The largest absolute Gasteiger partial charge is 0.482 e. The van der Waals surface area contributed by atoms with Crippen molar-refractivity contribution < 1.29 is 23.5 Å². The standard InChI is InChI=1S/C21H25NO6/c1-13-6-14(2)10-22(9-13)19(23)11-27-21(25)12-26-16-4-5-17-15(3)7-20(24)28-18(17)8-16/h4-5,7-8,13-14H,6,9-12H2,1-3H3. The number of hydrogen-bond donors (Lipinski definition) is 0. The average molecular weight is 387 g/mol. The highest BCUT2D eigenvalue weighted by Gasteiger charge is 2.25. The molecular weight excluding hydrogens is 362 g/mol. The van der Waals surface area contributed by atoms with Gasteiger partial charge in [-0.2, -0.15) is 0 Å². The smallest absolute Gasteiger partial charge is 0.344 e. The van der Waals surface area contributed by atoms with E-state index in [-0.39, 0.29) is 19.1 Å². The molecule has 28 heavy (non-hydrogen) atoms. The van der Waals surface area contributed by atoms with Crippen molar-refractivity contribution in [2.45, 2.75) is 27.2 Å². The Morgan fingerprint density at radius 2 is 1.86 bits per heavy atom. The quantitative estimate of drug-likeness (QED) is 0.579. The third-order valence-corrected chi connectivity index (χ3v) is 4.86. The number of rotatable bonds is 5. The van der Waals surface area contributed by atoms with Gasteiger partial charge in [-0.05, 0) is 42.9 Å². The third kappa shape index (κ3) is 4.91. The van der Waals surface area contributed by atoms with E-state index in [9.17, 15) is 14.4 Å². The zero-order valence-electron chi connectivity index (χ0n) is 16.4. The van der Waals surface area contributed by atoms with Crippen LogP contribution >= 0.6 is 0 Å². The summed E-state index contributed by atoms with van der Waals surface area (Å²) in [5.41, 5.74) is 0.748. The zero-order chi connectivity index (χ0) is 20.3. The van der Waals surface area contributed by atoms with Gasteiger partial charge < -0.3 is 18.8 Å². The van der Waals surface area contributed by atoms with Crippen LogP contribution in [0.1, 0.15) is 25.8 Å². The molecule has 0 radical (unpaired) electrons. The van der Waals surface area contributed by atoms with E-state index in [1.807, 2.05) is 6.92 Å². The predicted molar refractivity (Wildman–Crippen MR) is 103 cm³/mol. The minimum absolute atomic E-state index is 0.185. The Labute approximate surface area is 163 Å². The first-order chi connectivity index (χ1) is 13.3. The number of aryl methyl sites for hydroxylation is 1. The van der Waals surface area contributed by atoms with Crippen molar-refractivity contribution >= 4 is 22.8 Å². The number of amides is 1. The van der Waals surface area contributed by atoms with E-state index >= 15 is 0 Å². The summed E-state index contributed by atoms with van der Waals surface area (Å²) in [5.74, 6) is 0.460. The number of likely N-dealkylation sites (tertiary alicyclic amines) is 1. The molecule has 0 spiro atoms. The van der Waals surface area contributed by atoms with Crippen molar-refractivity contribution in [2.24, 2.45) is 11.8 Å². The van der Waals surface area contributed by atoms with Crippen LogP contribution < -0.4 is 10.4 Å². The molecule has 2 heterocycles. The minimum atomic E-state index is -0.628. The fraction of sp³-hybridized carbons (Fsp3) is 0.476. The van der Waals surface area contributed by atoms with Gasteiger partial charge in [-0.25, -0.2) is 9.59 Å². The number of carbonyl (C=O) groups excluding carboxylic acids is 2. The zero-order valence-corrected chi connectivity index (χ0v) is 16.4. The lowest BCUT2D eigenvalue weighted by Gasteiger charge is -2.34. The van der Waals surface area contributed by atoms with Gasteiger partial charge >= 0.3 is 11.6 Å². The first-order valence-corrected chi connectivity index (χ1v) is 9.42. The van der Waals surface area contributed by atoms with Crippen molar-refractivity contribution in [3.05, 3.63) is 40.2 Å². The van der Waals surface area contributed by atoms with Crippen LogP contribution in [0.5, 0.6) is 5.75 Å². The van der Waals surface area contributed by atoms with Crippen molar-refractivity contribution in [2.75, 3.05) is 26.3 Å². The molecule has 1 aliphatic heterocycles. The van der Waals surface area contributed by atoms with Crippen molar-refractivity contribution in [1.29, 1.82) is 0 Å². The Balaban J connectivity index is 1.51. The molecule has 0 saturated carbocycles. The molecule has 1 saturated heterocycles. The summed E-state index contributed by atoms with van der Waals surface area (Å²) >= 11 is 0. The van der Waals surface area contributed by atoms with Crippen LogP contribution in [0.15, 0.2) is 33.5 Å². The second-order valence-electron chi connectivity index (χ2n) is 7.60. The molecule has 1 amide bonds. The highest BCUT2D eigenvalue weighted by molar-refractivity contribution is 5.82. The van der Waals surface area contributed by atoms with Crippen molar-refractivity contribution in [3.63, 3.8) is 0 Å². The summed E-state index contributed by atoms with van der Waals surface area (Å²) in [6, 6.07) is 6.42. The molecule has 1 aromatic carbocycles. The molecule has 1 aromatic heterocycles. The molecule has 0 bridgehead atoms. The Kier molecular flexibility index (Phi) is 6.02. The molecule has 7 nitrogen and oxygen atoms in total. The van der Waals surface area contributed by atoms with Crippen LogP contribution in [0, 0.1) is 18.8 Å². The highest BCUT2D eigenvalue weighted by Crippen LogP contribution is 2.22. The van der Waals surface area contributed by atoms with Crippen molar-refractivity contribution in [3.8, 4) is 5.75 Å². The van der Waals surface area contributed by atoms with Gasteiger partial charge in [-0.15, -0.1) is 0 Å². The van der Waals surface area contributed by atoms with Gasteiger partial charge in [0.25, 0.3) is 5.91 Å². The lowest BCUT2D eigenvalue weighted by atomic mass is 9.92. The summed E-state index contributed by atoms with van der Waals surface area (Å²) in [7, 11) is 0. The predicted octanol–water partition coefficient (Wildman–Crippen LogP) is 2.53. The number of carbonyl (C=O) groups is 2. The number of esters is 1. The van der Waals surface area contributed by atoms with E-state index in [1.165, 1.54) is 6.07 Å². The van der Waals surface area contributed by atoms with Crippen LogP contribution in [0.3, 0.4) is 0 Å². The molecule has 1 aliphatic rings. The van der Waals surface area contributed by atoms with E-state index in [1.54, 1.807) is 23.1 Å². The molecular formula is C21H25NO6. The monoisotopic (exact) mass is 387 g/mol. The molecule has 0 N–H and O–H groups in total. The van der Waals surface area contributed by atoms with E-state index in [4.69, 9.17) is 13.9 Å². The van der Waals surface area contributed by atoms with Gasteiger partial charge in [-0.1, -0.05) is 13.8 Å². The summed E-state index contributed by atoms with van der Waals surface area (Å²) in [6.07, 6.45) is 1.10. The maximum Gasteiger partial charge on any atom is 0.344 e. The highest BCUT2D eigenvalue weighted by atomic mass is 16.6. The van der Waals surface area contributed by atoms with E-state index in [2.05, 4.69) is 13.8 Å². The molecule has 7 heteroatoms. The molecule has 1 fully saturated rings. The maximum absolute atomic E-state index is 12.2. The van der Waals surface area contributed by atoms with Gasteiger partial charge in [0.1, 0.15) is 11.3 Å². The normalized spacial score (nSPS) is 19.5. The molecule has 150 valence electrons. The van der Waals surface area contributed by atoms with E-state index in [0.29, 0.717) is 36.3 Å². The fourth-order valence-electron chi connectivity index (χ4n) is 3.68. The molecule has 0 aliphatic carbocycles. The van der Waals surface area contributed by atoms with Crippen LogP contribution in [0.2, 0.25) is 0 Å². The number of ether oxygens (including phenoxy) is 2. The first kappa shape index (κ1) is 19.9. The lowest BCUT2D eigenvalue weighted by Crippen LogP contribution is -2.44. The number of piperidine rings is 1. The van der Waals surface area contributed by atoms with Gasteiger partial charge in [0.15, 0.2) is 13.2 Å². The Morgan fingerprint density at radius 1 is 1.14 bits per heavy atom. The van der Waals surface area contributed by atoms with Crippen LogP contribution in [0.4, 0.5) is 0 Å². The second-order valence-corrected chi connectivity index (χ2v) is 7.60. The van der Waals surface area contributed by atoms with Crippen molar-refractivity contribution in [1.82, 2.24) is 4.90 Å². The van der Waals surface area contributed by atoms with E-state index in [0.717, 1.165) is 17.4 Å². The van der Waals surface area contributed by atoms with Gasteiger partial charge in [0.2, 0.25) is 0 Å². The third-order valence-electron chi connectivity index (χ3n) is 4.86. The second kappa shape index (κ2) is 8.46. The summed E-state index contributed by atoms with van der Waals surface area (Å²) in [5, 5.41) is 0.796. The van der Waals surface area contributed by atoms with Crippen LogP contribution in [-0.2, 0) is 14.3 Å². The molecule has 2 atom stereocenters. The number of benzene rings is 1. The Morgan fingerprint density at radius 3 is 2.57 bits per heavy atom. The van der Waals surface area contributed by atoms with Crippen LogP contribution in [0.25, 0.3) is 11.0 Å². The van der Waals surface area contributed by atoms with Gasteiger partial charge in [-0.3, -0.25) is 4.79 Å². The molecule has 2 unspecified atom stereocenters. The summed E-state index contributed by atoms with van der Waals surface area (Å²) in [6.45, 7) is 6.82. The number of hydrogen-bond acceptors (Lipinski definition) is 6. The average Bonchev–Trinajstić information content (AvgIpc) is 2.63. The first-order valence-electron chi connectivity index (χ1n) is 9.42. The topological polar surface area (TPSA) is 86.0 Å². The Bertz CT molecular complexity index is 924. The fourth-order valence-corrected chi connectivity index (χ4v) is 3.68. The molecule has 2 aromatic rings. The maximum atomic E-state index is 12.2. The van der Waals surface area contributed by atoms with Gasteiger partial charge in [0.05, 0.1) is 0 Å². The summed E-state index contributed by atoms with van der Waals surface area (Å²) < 4.78 is 15.6. The lowest BCUT2D eigenvalue weighted by molar-refractivity contribution is -0.154. The van der Waals surface area contributed by atoms with Crippen LogP contribution in [-0.4, -0.2) is 43.1 Å². The summed E-state index contributed by atoms with van der Waals surface area (Å²) in [4.78, 5) is 37.4. The number of fused-ring (bicyclic) bond motifs is 1. The molecule has 3 rings (SSSR count). The minimum Gasteiger partial charge on any atom is -0.482 e. The van der Waals surface area contributed by atoms with E-state index < -0.39 is 11.6 Å². The number of nitrogens with zero attached hydrogens (tertiary/aromatic N) is 1. The van der Waals surface area contributed by atoms with Gasteiger partial charge in [0, 0.05) is 30.6 Å². The Hall–Kier alpha value is -2.83. The SMILES string of the molecule is Cc1cc(=O)oc2cc(OCC(=O)OCC(=O)N3CC(C)CC(C)C3)ccc12.